The second-order valence-electron chi connectivity index (χ2n) is 2.55. The van der Waals surface area contributed by atoms with Gasteiger partial charge in [0.05, 0.1) is 0 Å². The van der Waals surface area contributed by atoms with Gasteiger partial charge in [0.1, 0.15) is 0 Å². The topological polar surface area (TPSA) is 63.3 Å². The van der Waals surface area contributed by atoms with E-state index in [1.807, 2.05) is 12.2 Å². The minimum absolute atomic E-state index is 0.398. The Morgan fingerprint density at radius 1 is 1.58 bits per heavy atom. The number of nitrogens with two attached hydrogens (primary N) is 1. The third-order valence-electron chi connectivity index (χ3n) is 1.68. The summed E-state index contributed by atoms with van der Waals surface area (Å²) in [4.78, 5) is 10.5. The van der Waals surface area contributed by atoms with Gasteiger partial charge in [0.15, 0.2) is 0 Å². The standard InChI is InChI=1S/C9H11NO2/c10-6-7-2-1-3-8(5-4-7)9(11)12/h1-2,4-5H,3,6,10H2,(H,11,12). The number of hydrogen-bond donors (Lipinski definition) is 2. The number of carbonyl (C=O) groups is 1. The van der Waals surface area contributed by atoms with Crippen LogP contribution in [0.3, 0.4) is 0 Å². The first-order chi connectivity index (χ1) is 5.74. The first-order valence-electron chi connectivity index (χ1n) is 3.73. The van der Waals surface area contributed by atoms with Gasteiger partial charge in [-0.15, -0.1) is 0 Å². The first kappa shape index (κ1) is 8.74. The second kappa shape index (κ2) is 3.88. The molecule has 0 spiro atoms. The van der Waals surface area contributed by atoms with Crippen molar-refractivity contribution in [2.75, 3.05) is 6.54 Å². The van der Waals surface area contributed by atoms with Gasteiger partial charge in [0.25, 0.3) is 0 Å². The van der Waals surface area contributed by atoms with Crippen molar-refractivity contribution in [3.05, 3.63) is 35.5 Å². The van der Waals surface area contributed by atoms with Gasteiger partial charge in [-0.1, -0.05) is 24.3 Å². The zero-order valence-electron chi connectivity index (χ0n) is 6.66. The molecule has 3 nitrogen and oxygen atoms in total. The Hall–Kier alpha value is -1.35. The summed E-state index contributed by atoms with van der Waals surface area (Å²) in [5.74, 6) is -0.867. The molecule has 0 amide bonds. The monoisotopic (exact) mass is 165 g/mol. The molecule has 0 unspecified atom stereocenters. The lowest BCUT2D eigenvalue weighted by Gasteiger charge is -1.92. The quantitative estimate of drug-likeness (QED) is 0.637. The van der Waals surface area contributed by atoms with Crippen molar-refractivity contribution < 1.29 is 9.90 Å². The van der Waals surface area contributed by atoms with Gasteiger partial charge in [-0.25, -0.2) is 4.79 Å². The molecule has 0 radical (unpaired) electrons. The van der Waals surface area contributed by atoms with E-state index in [0.29, 0.717) is 18.5 Å². The first-order valence-corrected chi connectivity index (χ1v) is 3.73. The van der Waals surface area contributed by atoms with E-state index in [9.17, 15) is 4.79 Å². The summed E-state index contributed by atoms with van der Waals surface area (Å²) >= 11 is 0. The second-order valence-corrected chi connectivity index (χ2v) is 2.55. The fourth-order valence-electron chi connectivity index (χ4n) is 0.963. The molecule has 1 aliphatic carbocycles. The van der Waals surface area contributed by atoms with Gasteiger partial charge >= 0.3 is 5.97 Å². The Balaban J connectivity index is 2.84. The predicted octanol–water partition coefficient (Wildman–Crippen LogP) is 0.842. The third-order valence-corrected chi connectivity index (χ3v) is 1.68. The van der Waals surface area contributed by atoms with Crippen LogP contribution >= 0.6 is 0 Å². The van der Waals surface area contributed by atoms with Crippen molar-refractivity contribution in [1.82, 2.24) is 0 Å². The van der Waals surface area contributed by atoms with E-state index in [-0.39, 0.29) is 0 Å². The third kappa shape index (κ3) is 2.07. The highest BCUT2D eigenvalue weighted by molar-refractivity contribution is 5.87. The average molecular weight is 165 g/mol. The summed E-state index contributed by atoms with van der Waals surface area (Å²) in [6.45, 7) is 0.444. The summed E-state index contributed by atoms with van der Waals surface area (Å²) in [6, 6.07) is 0. The van der Waals surface area contributed by atoms with Gasteiger partial charge in [0.2, 0.25) is 0 Å². The van der Waals surface area contributed by atoms with Crippen LogP contribution in [0.4, 0.5) is 0 Å². The predicted molar refractivity (Wildman–Crippen MR) is 46.6 cm³/mol. The highest BCUT2D eigenvalue weighted by Crippen LogP contribution is 2.10. The van der Waals surface area contributed by atoms with Crippen LogP contribution in [0.25, 0.3) is 0 Å². The molecule has 0 bridgehead atoms. The van der Waals surface area contributed by atoms with E-state index < -0.39 is 5.97 Å². The molecular formula is C9H11NO2. The van der Waals surface area contributed by atoms with Crippen molar-refractivity contribution in [3.8, 4) is 0 Å². The normalized spacial score (nSPS) is 16.4. The van der Waals surface area contributed by atoms with Gasteiger partial charge in [-0.2, -0.15) is 0 Å². The highest BCUT2D eigenvalue weighted by atomic mass is 16.4. The fourth-order valence-corrected chi connectivity index (χ4v) is 0.963. The van der Waals surface area contributed by atoms with Crippen LogP contribution in [0.2, 0.25) is 0 Å². The molecule has 0 aliphatic heterocycles. The van der Waals surface area contributed by atoms with Crippen LogP contribution in [0, 0.1) is 0 Å². The highest BCUT2D eigenvalue weighted by Gasteiger charge is 2.05. The average Bonchev–Trinajstić information content (AvgIpc) is 2.28. The SMILES string of the molecule is NCC1=CC=C(C(=O)O)CC=C1. The molecule has 0 heterocycles. The molecule has 1 rings (SSSR count). The Morgan fingerprint density at radius 3 is 2.92 bits per heavy atom. The number of hydrogen-bond acceptors (Lipinski definition) is 2. The fraction of sp³-hybridized carbons (Fsp3) is 0.222. The van der Waals surface area contributed by atoms with Crippen LogP contribution in [0.5, 0.6) is 0 Å². The zero-order valence-corrected chi connectivity index (χ0v) is 6.66. The van der Waals surface area contributed by atoms with Crippen molar-refractivity contribution in [3.63, 3.8) is 0 Å². The molecule has 0 saturated carbocycles. The summed E-state index contributed by atoms with van der Waals surface area (Å²) in [7, 11) is 0. The molecule has 0 aromatic rings. The summed E-state index contributed by atoms with van der Waals surface area (Å²) in [5, 5.41) is 8.66. The Bertz CT molecular complexity index is 274. The molecule has 0 aromatic heterocycles. The lowest BCUT2D eigenvalue weighted by Crippen LogP contribution is -2.00. The molecule has 1 aliphatic rings. The molecule has 0 fully saturated rings. The van der Waals surface area contributed by atoms with Gasteiger partial charge in [0, 0.05) is 12.1 Å². The minimum Gasteiger partial charge on any atom is -0.478 e. The molecule has 64 valence electrons. The van der Waals surface area contributed by atoms with E-state index in [1.165, 1.54) is 0 Å². The van der Waals surface area contributed by atoms with Crippen LogP contribution in [-0.4, -0.2) is 17.6 Å². The molecular weight excluding hydrogens is 154 g/mol. The largest absolute Gasteiger partial charge is 0.478 e. The molecule has 3 N–H and O–H groups in total. The maximum Gasteiger partial charge on any atom is 0.331 e. The minimum atomic E-state index is -0.867. The van der Waals surface area contributed by atoms with E-state index in [2.05, 4.69) is 0 Å². The molecule has 0 atom stereocenters. The number of carboxylic acid groups (broad SMARTS) is 1. The van der Waals surface area contributed by atoms with E-state index >= 15 is 0 Å². The van der Waals surface area contributed by atoms with Crippen LogP contribution in [0.1, 0.15) is 6.42 Å². The molecule has 0 aromatic carbocycles. The van der Waals surface area contributed by atoms with Crippen molar-refractivity contribution >= 4 is 5.97 Å². The van der Waals surface area contributed by atoms with Crippen LogP contribution in [-0.2, 0) is 4.79 Å². The maximum atomic E-state index is 10.5. The lowest BCUT2D eigenvalue weighted by molar-refractivity contribution is -0.132. The maximum absolute atomic E-state index is 10.5. The van der Waals surface area contributed by atoms with E-state index in [4.69, 9.17) is 10.8 Å². The Labute approximate surface area is 70.9 Å². The smallest absolute Gasteiger partial charge is 0.331 e. The molecule has 0 saturated heterocycles. The van der Waals surface area contributed by atoms with Crippen molar-refractivity contribution in [2.24, 2.45) is 5.73 Å². The number of carboxylic acids is 1. The number of rotatable bonds is 2. The number of aliphatic carboxylic acids is 1. The molecule has 3 heteroatoms. The Morgan fingerprint density at radius 2 is 2.33 bits per heavy atom. The van der Waals surface area contributed by atoms with E-state index in [1.54, 1.807) is 12.2 Å². The van der Waals surface area contributed by atoms with E-state index in [0.717, 1.165) is 5.57 Å². The number of allylic oxidation sites excluding steroid dienone is 3. The van der Waals surface area contributed by atoms with Gasteiger partial charge in [-0.3, -0.25) is 0 Å². The summed E-state index contributed by atoms with van der Waals surface area (Å²) in [5.41, 5.74) is 6.75. The zero-order chi connectivity index (χ0) is 8.97. The lowest BCUT2D eigenvalue weighted by atomic mass is 10.2. The van der Waals surface area contributed by atoms with Gasteiger partial charge < -0.3 is 10.8 Å². The van der Waals surface area contributed by atoms with Crippen LogP contribution < -0.4 is 5.73 Å². The molecule has 12 heavy (non-hydrogen) atoms. The van der Waals surface area contributed by atoms with Crippen molar-refractivity contribution in [1.29, 1.82) is 0 Å². The summed E-state index contributed by atoms with van der Waals surface area (Å²) < 4.78 is 0. The summed E-state index contributed by atoms with van der Waals surface area (Å²) in [6.07, 6.45) is 7.48. The Kier molecular flexibility index (Phi) is 2.82. The van der Waals surface area contributed by atoms with Gasteiger partial charge in [-0.05, 0) is 12.0 Å². The van der Waals surface area contributed by atoms with Crippen LogP contribution in [0.15, 0.2) is 35.5 Å². The van der Waals surface area contributed by atoms with Crippen molar-refractivity contribution in [2.45, 2.75) is 6.42 Å².